The molecule has 2 aromatic rings. The summed E-state index contributed by atoms with van der Waals surface area (Å²) in [5.41, 5.74) is 2.27. The molecule has 0 unspecified atom stereocenters. The van der Waals surface area contributed by atoms with E-state index in [1.165, 1.54) is 5.69 Å². The van der Waals surface area contributed by atoms with Gasteiger partial charge in [-0.2, -0.15) is 0 Å². The molecule has 0 bridgehead atoms. The zero-order chi connectivity index (χ0) is 13.9. The minimum absolute atomic E-state index is 0.784. The number of aryl methyl sites for hydroxylation is 1. The first-order chi connectivity index (χ1) is 9.72. The number of halogens is 1. The summed E-state index contributed by atoms with van der Waals surface area (Å²) < 4.78 is 0. The van der Waals surface area contributed by atoms with Crippen LogP contribution in [0.25, 0.3) is 0 Å². The predicted molar refractivity (Wildman–Crippen MR) is 82.6 cm³/mol. The predicted octanol–water partition coefficient (Wildman–Crippen LogP) is 2.77. The number of hydrogen-bond acceptors (Lipinski definition) is 4. The minimum Gasteiger partial charge on any atom is -0.368 e. The van der Waals surface area contributed by atoms with Crippen molar-refractivity contribution in [3.8, 4) is 0 Å². The van der Waals surface area contributed by atoms with E-state index >= 15 is 0 Å². The van der Waals surface area contributed by atoms with Crippen molar-refractivity contribution in [2.75, 3.05) is 36.0 Å². The van der Waals surface area contributed by atoms with E-state index in [1.807, 2.05) is 37.5 Å². The van der Waals surface area contributed by atoms with Gasteiger partial charge >= 0.3 is 0 Å². The molecular weight excluding hydrogens is 272 g/mol. The summed E-state index contributed by atoms with van der Waals surface area (Å²) >= 11 is 6.05. The Morgan fingerprint density at radius 3 is 2.30 bits per heavy atom. The molecule has 0 saturated carbocycles. The van der Waals surface area contributed by atoms with Crippen LogP contribution in [0.5, 0.6) is 0 Å². The van der Waals surface area contributed by atoms with Gasteiger partial charge in [0.15, 0.2) is 0 Å². The molecule has 1 aliphatic heterocycles. The van der Waals surface area contributed by atoms with Crippen LogP contribution in [0.4, 0.5) is 11.6 Å². The zero-order valence-corrected chi connectivity index (χ0v) is 12.2. The fourth-order valence-corrected chi connectivity index (χ4v) is 2.57. The van der Waals surface area contributed by atoms with Gasteiger partial charge in [-0.15, -0.1) is 0 Å². The van der Waals surface area contributed by atoms with Crippen LogP contribution in [0.3, 0.4) is 0 Å². The smallest absolute Gasteiger partial charge is 0.225 e. The Hall–Kier alpha value is -1.81. The Morgan fingerprint density at radius 1 is 1.00 bits per heavy atom. The number of anilines is 2. The van der Waals surface area contributed by atoms with Crippen LogP contribution in [0.1, 0.15) is 5.56 Å². The first-order valence-corrected chi connectivity index (χ1v) is 7.14. The maximum absolute atomic E-state index is 6.05. The van der Waals surface area contributed by atoms with E-state index < -0.39 is 0 Å². The van der Waals surface area contributed by atoms with Gasteiger partial charge in [0.1, 0.15) is 0 Å². The molecule has 1 aliphatic rings. The summed E-state index contributed by atoms with van der Waals surface area (Å²) in [7, 11) is 0. The fraction of sp³-hybridized carbons (Fsp3) is 0.333. The Morgan fingerprint density at radius 2 is 1.65 bits per heavy atom. The molecule has 20 heavy (non-hydrogen) atoms. The van der Waals surface area contributed by atoms with E-state index in [2.05, 4.69) is 25.8 Å². The molecule has 0 atom stereocenters. The van der Waals surface area contributed by atoms with Gasteiger partial charge in [-0.25, -0.2) is 9.97 Å². The van der Waals surface area contributed by atoms with Crippen molar-refractivity contribution in [1.82, 2.24) is 9.97 Å². The van der Waals surface area contributed by atoms with Gasteiger partial charge in [0, 0.05) is 49.3 Å². The van der Waals surface area contributed by atoms with Crippen LogP contribution in [0, 0.1) is 6.92 Å². The third kappa shape index (κ3) is 2.85. The molecule has 0 aliphatic carbocycles. The Kier molecular flexibility index (Phi) is 3.74. The largest absolute Gasteiger partial charge is 0.368 e. The maximum atomic E-state index is 6.05. The molecule has 0 spiro atoms. The van der Waals surface area contributed by atoms with Crippen molar-refractivity contribution in [2.45, 2.75) is 6.92 Å². The lowest BCUT2D eigenvalue weighted by molar-refractivity contribution is 0.639. The molecular formula is C15H17ClN4. The summed E-state index contributed by atoms with van der Waals surface area (Å²) in [6, 6.07) is 8.01. The average Bonchev–Trinajstić information content (AvgIpc) is 2.48. The average molecular weight is 289 g/mol. The van der Waals surface area contributed by atoms with Crippen LogP contribution in [-0.2, 0) is 0 Å². The van der Waals surface area contributed by atoms with Crippen LogP contribution in [0.2, 0.25) is 5.02 Å². The van der Waals surface area contributed by atoms with Gasteiger partial charge in [-0.05, 0) is 30.7 Å². The van der Waals surface area contributed by atoms with E-state index in [0.717, 1.165) is 42.7 Å². The molecule has 0 radical (unpaired) electrons. The molecule has 0 amide bonds. The quantitative estimate of drug-likeness (QED) is 0.851. The zero-order valence-electron chi connectivity index (χ0n) is 11.5. The van der Waals surface area contributed by atoms with Crippen LogP contribution >= 0.6 is 11.6 Å². The van der Waals surface area contributed by atoms with E-state index in [1.54, 1.807) is 0 Å². The third-order valence-electron chi connectivity index (χ3n) is 3.50. The molecule has 5 heteroatoms. The van der Waals surface area contributed by atoms with E-state index in [4.69, 9.17) is 11.6 Å². The van der Waals surface area contributed by atoms with Crippen molar-refractivity contribution >= 4 is 23.2 Å². The fourth-order valence-electron chi connectivity index (χ4n) is 2.39. The van der Waals surface area contributed by atoms with E-state index in [9.17, 15) is 0 Å². The highest BCUT2D eigenvalue weighted by molar-refractivity contribution is 6.30. The second kappa shape index (κ2) is 5.67. The van der Waals surface area contributed by atoms with Crippen molar-refractivity contribution in [3.63, 3.8) is 0 Å². The highest BCUT2D eigenvalue weighted by Crippen LogP contribution is 2.21. The van der Waals surface area contributed by atoms with E-state index in [-0.39, 0.29) is 0 Å². The topological polar surface area (TPSA) is 32.3 Å². The summed E-state index contributed by atoms with van der Waals surface area (Å²) in [5, 5.41) is 0.784. The summed E-state index contributed by atoms with van der Waals surface area (Å²) in [6.07, 6.45) is 3.73. The van der Waals surface area contributed by atoms with Gasteiger partial charge in [-0.1, -0.05) is 17.7 Å². The first kappa shape index (κ1) is 13.2. The second-order valence-corrected chi connectivity index (χ2v) is 5.45. The van der Waals surface area contributed by atoms with Crippen LogP contribution < -0.4 is 9.80 Å². The maximum Gasteiger partial charge on any atom is 0.225 e. The first-order valence-electron chi connectivity index (χ1n) is 6.76. The Balaban J connectivity index is 1.66. The molecule has 2 heterocycles. The Bertz CT molecular complexity index is 577. The summed E-state index contributed by atoms with van der Waals surface area (Å²) in [6.45, 7) is 5.77. The van der Waals surface area contributed by atoms with Gasteiger partial charge in [0.2, 0.25) is 5.95 Å². The standard InChI is InChI=1S/C15H17ClN4/c1-12-10-17-15(18-11-12)20-7-5-19(6-8-20)14-4-2-3-13(16)9-14/h2-4,9-11H,5-8H2,1H3. The summed E-state index contributed by atoms with van der Waals surface area (Å²) in [4.78, 5) is 13.3. The molecule has 1 aromatic carbocycles. The lowest BCUT2D eigenvalue weighted by Gasteiger charge is -2.36. The lowest BCUT2D eigenvalue weighted by atomic mass is 10.2. The summed E-state index contributed by atoms with van der Waals surface area (Å²) in [5.74, 6) is 0.821. The van der Waals surface area contributed by atoms with Crippen molar-refractivity contribution in [1.29, 1.82) is 0 Å². The number of aromatic nitrogens is 2. The van der Waals surface area contributed by atoms with E-state index in [0.29, 0.717) is 0 Å². The SMILES string of the molecule is Cc1cnc(N2CCN(c3cccc(Cl)c3)CC2)nc1. The number of piperazine rings is 1. The molecule has 1 aromatic heterocycles. The van der Waals surface area contributed by atoms with Crippen LogP contribution in [-0.4, -0.2) is 36.1 Å². The lowest BCUT2D eigenvalue weighted by Crippen LogP contribution is -2.47. The highest BCUT2D eigenvalue weighted by Gasteiger charge is 2.19. The molecule has 1 fully saturated rings. The molecule has 4 nitrogen and oxygen atoms in total. The van der Waals surface area contributed by atoms with Crippen molar-refractivity contribution in [3.05, 3.63) is 47.2 Å². The molecule has 1 saturated heterocycles. The number of benzene rings is 1. The highest BCUT2D eigenvalue weighted by atomic mass is 35.5. The minimum atomic E-state index is 0.784. The Labute approximate surface area is 124 Å². The van der Waals surface area contributed by atoms with Crippen molar-refractivity contribution in [2.24, 2.45) is 0 Å². The number of rotatable bonds is 2. The molecule has 3 rings (SSSR count). The van der Waals surface area contributed by atoms with Crippen LogP contribution in [0.15, 0.2) is 36.7 Å². The van der Waals surface area contributed by atoms with Crippen molar-refractivity contribution < 1.29 is 0 Å². The number of hydrogen-bond donors (Lipinski definition) is 0. The van der Waals surface area contributed by atoms with Gasteiger partial charge < -0.3 is 9.80 Å². The van der Waals surface area contributed by atoms with Gasteiger partial charge in [0.05, 0.1) is 0 Å². The number of nitrogens with zero attached hydrogens (tertiary/aromatic N) is 4. The normalized spacial score (nSPS) is 15.5. The second-order valence-electron chi connectivity index (χ2n) is 5.01. The van der Waals surface area contributed by atoms with Gasteiger partial charge in [0.25, 0.3) is 0 Å². The molecule has 0 N–H and O–H groups in total. The van der Waals surface area contributed by atoms with Gasteiger partial charge in [-0.3, -0.25) is 0 Å². The molecule has 104 valence electrons. The third-order valence-corrected chi connectivity index (χ3v) is 3.74. The monoisotopic (exact) mass is 288 g/mol.